The largest absolute Gasteiger partial charge is 0.492 e. The van der Waals surface area contributed by atoms with Crippen LogP contribution in [0.3, 0.4) is 0 Å². The van der Waals surface area contributed by atoms with E-state index in [1.807, 2.05) is 4.98 Å². The summed E-state index contributed by atoms with van der Waals surface area (Å²) in [5, 5.41) is -0.805. The van der Waals surface area contributed by atoms with Crippen molar-refractivity contribution in [2.24, 2.45) is 11.7 Å². The summed E-state index contributed by atoms with van der Waals surface area (Å²) in [6, 6.07) is -3.16. The lowest BCUT2D eigenvalue weighted by molar-refractivity contribution is -0.293. The van der Waals surface area contributed by atoms with E-state index in [1.165, 1.54) is 0 Å². The molecule has 2 atom stereocenters. The second-order valence-electron chi connectivity index (χ2n) is 8.64. The van der Waals surface area contributed by atoms with Gasteiger partial charge in [0.25, 0.3) is 12.0 Å². The summed E-state index contributed by atoms with van der Waals surface area (Å²) >= 11 is 0. The Balaban J connectivity index is 1.91. The van der Waals surface area contributed by atoms with Gasteiger partial charge in [0.1, 0.15) is 11.2 Å². The molecule has 4 rings (SSSR count). The normalized spacial score (nSPS) is 20.2. The molecule has 0 radical (unpaired) electrons. The van der Waals surface area contributed by atoms with Gasteiger partial charge >= 0.3 is 17.8 Å². The van der Waals surface area contributed by atoms with E-state index in [0.29, 0.717) is 12.8 Å². The summed E-state index contributed by atoms with van der Waals surface area (Å²) in [6.45, 7) is -0.949. The summed E-state index contributed by atoms with van der Waals surface area (Å²) in [7, 11) is 1.03. The first-order valence-corrected chi connectivity index (χ1v) is 10.5. The highest BCUT2D eigenvalue weighted by Gasteiger charge is 2.63. The van der Waals surface area contributed by atoms with E-state index >= 15 is 4.39 Å². The van der Waals surface area contributed by atoms with Crippen molar-refractivity contribution in [3.8, 4) is 5.75 Å². The van der Waals surface area contributed by atoms with Crippen molar-refractivity contribution in [3.63, 3.8) is 0 Å². The third kappa shape index (κ3) is 3.93. The van der Waals surface area contributed by atoms with E-state index in [1.54, 1.807) is 0 Å². The molecule has 2 unspecified atom stereocenters. The minimum Gasteiger partial charge on any atom is -0.492 e. The van der Waals surface area contributed by atoms with Crippen molar-refractivity contribution < 1.29 is 39.9 Å². The molecule has 1 aliphatic heterocycles. The zero-order valence-electron chi connectivity index (χ0n) is 18.1. The molecule has 35 heavy (non-hydrogen) atoms. The summed E-state index contributed by atoms with van der Waals surface area (Å²) in [5.74, 6) is -8.80. The predicted molar refractivity (Wildman–Crippen MR) is 108 cm³/mol. The van der Waals surface area contributed by atoms with Crippen LogP contribution in [0.25, 0.3) is 10.9 Å². The molecule has 1 aliphatic carbocycles. The Labute approximate surface area is 191 Å². The molecule has 2 fully saturated rings. The van der Waals surface area contributed by atoms with Crippen molar-refractivity contribution >= 4 is 16.6 Å². The number of aromatic nitrogens is 2. The van der Waals surface area contributed by atoms with E-state index < -0.39 is 88.0 Å². The number of methoxy groups -OCH3 is 1. The van der Waals surface area contributed by atoms with E-state index in [9.17, 15) is 40.3 Å². The van der Waals surface area contributed by atoms with Gasteiger partial charge in [0, 0.05) is 19.1 Å². The zero-order valence-corrected chi connectivity index (χ0v) is 18.1. The standard InChI is InChI=1S/C20H20F8N4O3/c1-35-14-12-10(17(33)30-18(34)32(12)8-2-3-8)9(16(22)23)11(21)13(14)31-5-4-7(6-31)15(29)19(24,25)20(26,27)28/h7-8,15-16H,2-6,29H2,1H3,(H,30,33,34). The number of nitrogens with one attached hydrogen (secondary N) is 1. The highest BCUT2D eigenvalue weighted by Crippen LogP contribution is 2.48. The van der Waals surface area contributed by atoms with Gasteiger partial charge in [-0.2, -0.15) is 22.0 Å². The number of rotatable bonds is 6. The van der Waals surface area contributed by atoms with Gasteiger partial charge in [-0.15, -0.1) is 0 Å². The Hall–Kier alpha value is -2.84. The fourth-order valence-corrected chi connectivity index (χ4v) is 4.60. The molecule has 7 nitrogen and oxygen atoms in total. The van der Waals surface area contributed by atoms with Crippen molar-refractivity contribution in [1.29, 1.82) is 0 Å². The zero-order chi connectivity index (χ0) is 26.0. The molecule has 2 aliphatic rings. The maximum absolute atomic E-state index is 15.5. The Morgan fingerprint density at radius 1 is 1.11 bits per heavy atom. The van der Waals surface area contributed by atoms with E-state index in [-0.39, 0.29) is 13.0 Å². The molecule has 194 valence electrons. The highest BCUT2D eigenvalue weighted by molar-refractivity contribution is 5.94. The van der Waals surface area contributed by atoms with Crippen LogP contribution >= 0.6 is 0 Å². The van der Waals surface area contributed by atoms with Gasteiger partial charge in [0.2, 0.25) is 0 Å². The van der Waals surface area contributed by atoms with Gasteiger partial charge in [0.15, 0.2) is 11.6 Å². The first-order chi connectivity index (χ1) is 16.2. The molecule has 15 heteroatoms. The number of alkyl halides is 7. The van der Waals surface area contributed by atoms with Crippen molar-refractivity contribution in [1.82, 2.24) is 9.55 Å². The Bertz CT molecular complexity index is 1270. The molecule has 1 aromatic carbocycles. The average molecular weight is 516 g/mol. The van der Waals surface area contributed by atoms with Crippen molar-refractivity contribution in [3.05, 3.63) is 32.2 Å². The second-order valence-corrected chi connectivity index (χ2v) is 8.64. The molecule has 1 saturated carbocycles. The van der Waals surface area contributed by atoms with Crippen LogP contribution in [0, 0.1) is 11.7 Å². The Kier molecular flexibility index (Phi) is 6.05. The number of anilines is 1. The van der Waals surface area contributed by atoms with Crippen LogP contribution in [0.15, 0.2) is 9.59 Å². The first kappa shape index (κ1) is 25.3. The van der Waals surface area contributed by atoms with Crippen LogP contribution in [-0.2, 0) is 0 Å². The fraction of sp³-hybridized carbons (Fsp3) is 0.600. The van der Waals surface area contributed by atoms with Gasteiger partial charge in [-0.05, 0) is 25.2 Å². The quantitative estimate of drug-likeness (QED) is 0.574. The summed E-state index contributed by atoms with van der Waals surface area (Å²) in [4.78, 5) is 27.8. The smallest absolute Gasteiger partial charge is 0.454 e. The lowest BCUT2D eigenvalue weighted by atomic mass is 9.94. The molecular weight excluding hydrogens is 496 g/mol. The molecule has 1 saturated heterocycles. The lowest BCUT2D eigenvalue weighted by Crippen LogP contribution is -2.55. The van der Waals surface area contributed by atoms with Crippen LogP contribution in [0.2, 0.25) is 0 Å². The van der Waals surface area contributed by atoms with E-state index in [4.69, 9.17) is 10.5 Å². The van der Waals surface area contributed by atoms with Gasteiger partial charge in [-0.25, -0.2) is 18.0 Å². The van der Waals surface area contributed by atoms with Crippen LogP contribution in [-0.4, -0.2) is 47.9 Å². The highest BCUT2D eigenvalue weighted by atomic mass is 19.4. The van der Waals surface area contributed by atoms with E-state index in [0.717, 1.165) is 16.6 Å². The summed E-state index contributed by atoms with van der Waals surface area (Å²) in [6.07, 6.45) is -8.84. The topological polar surface area (TPSA) is 93.3 Å². The molecule has 3 N–H and O–H groups in total. The minimum absolute atomic E-state index is 0.315. The monoisotopic (exact) mass is 516 g/mol. The lowest BCUT2D eigenvalue weighted by Gasteiger charge is -2.30. The van der Waals surface area contributed by atoms with Gasteiger partial charge in [-0.3, -0.25) is 14.3 Å². The van der Waals surface area contributed by atoms with Crippen molar-refractivity contribution in [2.45, 2.75) is 49.9 Å². The molecule has 2 heterocycles. The third-order valence-electron chi connectivity index (χ3n) is 6.47. The van der Waals surface area contributed by atoms with Gasteiger partial charge < -0.3 is 15.4 Å². The number of nitrogens with two attached hydrogens (primary N) is 1. The number of aromatic amines is 1. The van der Waals surface area contributed by atoms with Crippen LogP contribution in [0.4, 0.5) is 40.8 Å². The Morgan fingerprint density at radius 2 is 1.74 bits per heavy atom. The molecule has 1 aromatic heterocycles. The summed E-state index contributed by atoms with van der Waals surface area (Å²) < 4.78 is 116. The molecule has 0 spiro atoms. The second kappa shape index (κ2) is 8.38. The number of benzene rings is 1. The maximum Gasteiger partial charge on any atom is 0.454 e. The fourth-order valence-electron chi connectivity index (χ4n) is 4.60. The maximum atomic E-state index is 15.5. The summed E-state index contributed by atoms with van der Waals surface area (Å²) in [5.41, 5.74) is 0.631. The number of hydrogen-bond donors (Lipinski definition) is 2. The van der Waals surface area contributed by atoms with Crippen LogP contribution in [0.5, 0.6) is 5.75 Å². The SMILES string of the molecule is COc1c(N2CCC(C(N)C(F)(F)C(F)(F)F)C2)c(F)c(C(F)F)c2c(=O)[nH]c(=O)n(C3CC3)c12. The number of ether oxygens (including phenoxy) is 1. The number of halogens is 8. The molecule has 2 aromatic rings. The number of H-pyrrole nitrogens is 1. The number of fused-ring (bicyclic) bond motifs is 1. The Morgan fingerprint density at radius 3 is 2.26 bits per heavy atom. The number of hydrogen-bond acceptors (Lipinski definition) is 5. The molecular formula is C20H20F8N4O3. The van der Waals surface area contributed by atoms with Crippen LogP contribution in [0.1, 0.15) is 37.3 Å². The average Bonchev–Trinajstić information content (AvgIpc) is 3.47. The molecule has 0 amide bonds. The predicted octanol–water partition coefficient (Wildman–Crippen LogP) is 3.46. The third-order valence-corrected chi connectivity index (χ3v) is 6.47. The van der Waals surface area contributed by atoms with Gasteiger partial charge in [-0.1, -0.05) is 0 Å². The van der Waals surface area contributed by atoms with E-state index in [2.05, 4.69) is 0 Å². The number of nitrogens with zero attached hydrogens (tertiary/aromatic N) is 2. The van der Waals surface area contributed by atoms with Crippen molar-refractivity contribution in [2.75, 3.05) is 25.1 Å². The van der Waals surface area contributed by atoms with Crippen LogP contribution < -0.4 is 26.6 Å². The minimum atomic E-state index is -5.92. The molecule has 0 bridgehead atoms. The first-order valence-electron chi connectivity index (χ1n) is 10.5. The van der Waals surface area contributed by atoms with Gasteiger partial charge in [0.05, 0.1) is 24.1 Å².